The first-order chi connectivity index (χ1) is 14.7. The van der Waals surface area contributed by atoms with Gasteiger partial charge in [0.1, 0.15) is 41.0 Å². The van der Waals surface area contributed by atoms with Crippen LogP contribution in [-0.2, 0) is 4.79 Å². The molecule has 1 aliphatic heterocycles. The van der Waals surface area contributed by atoms with Gasteiger partial charge in [-0.05, 0) is 24.1 Å². The van der Waals surface area contributed by atoms with E-state index in [9.17, 15) is 9.90 Å². The lowest BCUT2D eigenvalue weighted by Gasteiger charge is -2.31. The van der Waals surface area contributed by atoms with E-state index in [0.717, 1.165) is 16.9 Å². The number of amides is 1. The van der Waals surface area contributed by atoms with Gasteiger partial charge in [0, 0.05) is 0 Å². The van der Waals surface area contributed by atoms with Gasteiger partial charge in [0.2, 0.25) is 5.96 Å². The van der Waals surface area contributed by atoms with Crippen molar-refractivity contribution < 1.29 is 19.7 Å². The van der Waals surface area contributed by atoms with E-state index in [2.05, 4.69) is 10.3 Å². The molecular formula is C19H29Cl2N7O4. The normalized spacial score (nSPS) is 16.2. The summed E-state index contributed by atoms with van der Waals surface area (Å²) >= 11 is 6.06. The second-order valence-corrected chi connectivity index (χ2v) is 7.17. The summed E-state index contributed by atoms with van der Waals surface area (Å²) < 4.78 is 5.51. The van der Waals surface area contributed by atoms with Gasteiger partial charge in [-0.2, -0.15) is 0 Å². The van der Waals surface area contributed by atoms with E-state index >= 15 is 0 Å². The Morgan fingerprint density at radius 1 is 1.31 bits per heavy atom. The number of aliphatic imine (C=N–C) groups is 1. The molecule has 11 nitrogen and oxygen atoms in total. The molecule has 0 saturated heterocycles. The maximum atomic E-state index is 11.6. The monoisotopic (exact) mass is 489 g/mol. The number of carbonyl (C=O) groups is 1. The summed E-state index contributed by atoms with van der Waals surface area (Å²) in [4.78, 5) is 17.3. The van der Waals surface area contributed by atoms with E-state index in [1.807, 2.05) is 13.0 Å². The smallest absolute Gasteiger partial charge is 0.268 e. The number of benzene rings is 1. The number of primary amides is 1. The summed E-state index contributed by atoms with van der Waals surface area (Å²) in [5.74, 6) is -0.563. The molecule has 0 spiro atoms. The minimum Gasteiger partial charge on any atom is -0.491 e. The van der Waals surface area contributed by atoms with Crippen molar-refractivity contribution in [2.75, 3.05) is 13.2 Å². The number of nitrogens with zero attached hydrogens (tertiary/aromatic N) is 2. The summed E-state index contributed by atoms with van der Waals surface area (Å²) in [6, 6.07) is 6.73. The summed E-state index contributed by atoms with van der Waals surface area (Å²) in [6.45, 7) is 1.54. The summed E-state index contributed by atoms with van der Waals surface area (Å²) in [6.07, 6.45) is 0.450. The van der Waals surface area contributed by atoms with E-state index in [1.165, 1.54) is 0 Å². The van der Waals surface area contributed by atoms with Crippen molar-refractivity contribution in [2.24, 2.45) is 27.9 Å². The van der Waals surface area contributed by atoms with Gasteiger partial charge in [-0.15, -0.1) is 12.4 Å². The van der Waals surface area contributed by atoms with Gasteiger partial charge >= 0.3 is 0 Å². The van der Waals surface area contributed by atoms with Crippen molar-refractivity contribution in [3.8, 4) is 5.75 Å². The average molecular weight is 490 g/mol. The first kappa shape index (κ1) is 27.2. The zero-order valence-corrected chi connectivity index (χ0v) is 19.1. The fraction of sp³-hybridized carbons (Fsp3) is 0.368. The molecule has 32 heavy (non-hydrogen) atoms. The summed E-state index contributed by atoms with van der Waals surface area (Å²) in [7, 11) is 0. The van der Waals surface area contributed by atoms with Crippen LogP contribution in [0.1, 0.15) is 31.4 Å². The topological polar surface area (TPSA) is 198 Å². The minimum absolute atomic E-state index is 0. The van der Waals surface area contributed by atoms with Crippen LogP contribution < -0.4 is 33.0 Å². The van der Waals surface area contributed by atoms with E-state index in [1.54, 1.807) is 18.2 Å². The van der Waals surface area contributed by atoms with Gasteiger partial charge in [0.15, 0.2) is 0 Å². The van der Waals surface area contributed by atoms with Crippen LogP contribution in [0.4, 0.5) is 0 Å². The third kappa shape index (κ3) is 6.57. The Kier molecular flexibility index (Phi) is 10.4. The summed E-state index contributed by atoms with van der Waals surface area (Å²) in [5.41, 5.74) is 24.2. The fourth-order valence-corrected chi connectivity index (χ4v) is 3.04. The largest absolute Gasteiger partial charge is 0.491 e. The van der Waals surface area contributed by atoms with Crippen LogP contribution in [0.15, 0.2) is 51.8 Å². The molecule has 13 heteroatoms. The van der Waals surface area contributed by atoms with Crippen molar-refractivity contribution >= 4 is 35.9 Å². The predicted molar refractivity (Wildman–Crippen MR) is 124 cm³/mol. The van der Waals surface area contributed by atoms with Crippen LogP contribution in [-0.4, -0.2) is 46.3 Å². The SMILES string of the molecule is CCCC(N=C(N)N1C(N)=C(Cl)NC(C(N)=O)=C1N)c1cccc(OCC(O)CO)c1.Cl. The molecule has 0 bridgehead atoms. The Morgan fingerprint density at radius 2 is 2.00 bits per heavy atom. The molecule has 0 saturated carbocycles. The number of carbonyl (C=O) groups excluding carboxylic acids is 1. The molecule has 1 amide bonds. The first-order valence-electron chi connectivity index (χ1n) is 9.56. The second-order valence-electron chi connectivity index (χ2n) is 6.80. The molecule has 2 atom stereocenters. The fourth-order valence-electron chi connectivity index (χ4n) is 2.87. The van der Waals surface area contributed by atoms with Crippen molar-refractivity contribution in [2.45, 2.75) is 31.9 Å². The maximum Gasteiger partial charge on any atom is 0.268 e. The van der Waals surface area contributed by atoms with Gasteiger partial charge in [0.05, 0.1) is 12.6 Å². The number of rotatable bonds is 9. The molecular weight excluding hydrogens is 461 g/mol. The van der Waals surface area contributed by atoms with Crippen molar-refractivity contribution in [3.05, 3.63) is 52.3 Å². The van der Waals surface area contributed by atoms with Gasteiger partial charge < -0.3 is 43.2 Å². The van der Waals surface area contributed by atoms with Gasteiger partial charge in [-0.25, -0.2) is 9.89 Å². The molecule has 0 radical (unpaired) electrons. The highest BCUT2D eigenvalue weighted by atomic mass is 35.5. The Labute approximate surface area is 197 Å². The van der Waals surface area contributed by atoms with Gasteiger partial charge in [0.25, 0.3) is 5.91 Å². The predicted octanol–water partition coefficient (Wildman–Crippen LogP) is -0.161. The van der Waals surface area contributed by atoms with E-state index < -0.39 is 18.6 Å². The molecule has 1 heterocycles. The highest BCUT2D eigenvalue weighted by molar-refractivity contribution is 6.30. The Morgan fingerprint density at radius 3 is 2.59 bits per heavy atom. The molecule has 11 N–H and O–H groups in total. The Hall–Kier alpha value is -2.86. The zero-order chi connectivity index (χ0) is 23.1. The van der Waals surface area contributed by atoms with E-state index in [-0.39, 0.29) is 53.5 Å². The third-order valence-corrected chi connectivity index (χ3v) is 4.71. The number of guanidine groups is 1. The number of halogens is 2. The number of hydrogen-bond acceptors (Lipinski definition) is 8. The number of nitrogens with one attached hydrogen (secondary N) is 1. The maximum absolute atomic E-state index is 11.6. The Bertz CT molecular complexity index is 907. The second kappa shape index (κ2) is 12.2. The lowest BCUT2D eigenvalue weighted by Crippen LogP contribution is -2.49. The lowest BCUT2D eigenvalue weighted by molar-refractivity contribution is -0.115. The third-order valence-electron chi connectivity index (χ3n) is 4.42. The minimum atomic E-state index is -0.981. The molecule has 1 aromatic carbocycles. The van der Waals surface area contributed by atoms with Crippen molar-refractivity contribution in [1.29, 1.82) is 0 Å². The first-order valence-corrected chi connectivity index (χ1v) is 9.94. The molecule has 0 fully saturated rings. The standard InChI is InChI=1S/C19H28ClN7O4.ClH/c1-2-4-13(10-5-3-6-12(7-10)31-9-11(29)8-28)25-19(24)27-16(21)14(18(23)30)26-15(20)17(27)22;/h3,5-7,11,13,26,28-29H,2,4,8-9,21-22H2,1H3,(H2,23,30)(H2,24,25);1H. The highest BCUT2D eigenvalue weighted by Gasteiger charge is 2.29. The number of aliphatic hydroxyl groups excluding tert-OH is 2. The molecule has 2 rings (SSSR count). The number of aliphatic hydroxyl groups is 2. The van der Waals surface area contributed by atoms with E-state index in [4.69, 9.17) is 44.4 Å². The summed E-state index contributed by atoms with van der Waals surface area (Å²) in [5, 5.41) is 20.9. The molecule has 0 aromatic heterocycles. The van der Waals surface area contributed by atoms with Crippen LogP contribution in [0.5, 0.6) is 5.75 Å². The number of hydrogen-bond donors (Lipinski definition) is 7. The van der Waals surface area contributed by atoms with Crippen molar-refractivity contribution in [1.82, 2.24) is 10.2 Å². The van der Waals surface area contributed by atoms with Crippen LogP contribution in [0, 0.1) is 0 Å². The van der Waals surface area contributed by atoms with Gasteiger partial charge in [-0.1, -0.05) is 37.1 Å². The van der Waals surface area contributed by atoms with Gasteiger partial charge in [-0.3, -0.25) is 4.79 Å². The average Bonchev–Trinajstić information content (AvgIpc) is 2.74. The van der Waals surface area contributed by atoms with Crippen LogP contribution in [0.2, 0.25) is 0 Å². The number of nitrogens with two attached hydrogens (primary N) is 4. The quantitative estimate of drug-likeness (QED) is 0.140. The zero-order valence-electron chi connectivity index (χ0n) is 17.5. The van der Waals surface area contributed by atoms with Crippen molar-refractivity contribution in [3.63, 3.8) is 0 Å². The lowest BCUT2D eigenvalue weighted by atomic mass is 10.0. The molecule has 1 aliphatic rings. The highest BCUT2D eigenvalue weighted by Crippen LogP contribution is 2.28. The molecule has 1 aromatic rings. The van der Waals surface area contributed by atoms with Crippen LogP contribution >= 0.6 is 24.0 Å². The molecule has 178 valence electrons. The molecule has 0 aliphatic carbocycles. The van der Waals surface area contributed by atoms with Crippen LogP contribution in [0.25, 0.3) is 0 Å². The Balaban J connectivity index is 0.00000512. The van der Waals surface area contributed by atoms with Crippen LogP contribution in [0.3, 0.4) is 0 Å². The number of ether oxygens (including phenoxy) is 1. The van der Waals surface area contributed by atoms with E-state index in [0.29, 0.717) is 12.2 Å². The molecule has 2 unspecified atom stereocenters.